The van der Waals surface area contributed by atoms with Crippen LogP contribution in [0.4, 0.5) is 5.69 Å². The Kier molecular flexibility index (Phi) is 3.85. The van der Waals surface area contributed by atoms with E-state index in [2.05, 4.69) is 4.99 Å². The van der Waals surface area contributed by atoms with Crippen molar-refractivity contribution in [3.05, 3.63) is 53.6 Å². The Morgan fingerprint density at radius 1 is 1.16 bits per heavy atom. The first kappa shape index (κ1) is 13.1. The summed E-state index contributed by atoms with van der Waals surface area (Å²) < 4.78 is 5.03. The second-order valence-electron chi connectivity index (χ2n) is 4.37. The summed E-state index contributed by atoms with van der Waals surface area (Å²) >= 11 is 0. The molecule has 0 saturated carbocycles. The third kappa shape index (κ3) is 2.94. The van der Waals surface area contributed by atoms with Gasteiger partial charge in [-0.3, -0.25) is 4.99 Å². The van der Waals surface area contributed by atoms with Gasteiger partial charge >= 0.3 is 0 Å². The van der Waals surface area contributed by atoms with Gasteiger partial charge in [0.25, 0.3) is 0 Å². The Hall–Kier alpha value is -2.29. The maximum Gasteiger partial charge on any atom is 0.160 e. The Morgan fingerprint density at radius 3 is 2.53 bits per heavy atom. The molecule has 0 heterocycles. The zero-order valence-corrected chi connectivity index (χ0v) is 11.3. The highest BCUT2D eigenvalue weighted by Crippen LogP contribution is 2.27. The fourth-order valence-electron chi connectivity index (χ4n) is 1.85. The molecule has 0 radical (unpaired) electrons. The van der Waals surface area contributed by atoms with Crippen LogP contribution in [0.1, 0.15) is 18.1 Å². The number of nitrogens with zero attached hydrogens (tertiary/aromatic N) is 1. The molecular formula is C16H17NO2. The Labute approximate surface area is 113 Å². The lowest BCUT2D eigenvalue weighted by molar-refractivity contribution is 0.373. The van der Waals surface area contributed by atoms with Crippen molar-refractivity contribution >= 4 is 11.4 Å². The molecule has 0 aromatic heterocycles. The molecule has 19 heavy (non-hydrogen) atoms. The molecule has 0 fully saturated rings. The standard InChI is InChI=1S/C16H17NO2/c1-11-6-4-5-7-14(11)17-12(2)13-8-9-16(19-3)15(18)10-13/h4-10,18H,1-3H3/b17-12+. The number of phenolic OH excluding ortho intramolecular Hbond substituents is 1. The minimum absolute atomic E-state index is 0.124. The number of methoxy groups -OCH3 is 1. The summed E-state index contributed by atoms with van der Waals surface area (Å²) in [4.78, 5) is 4.59. The maximum absolute atomic E-state index is 9.78. The van der Waals surface area contributed by atoms with E-state index in [1.54, 1.807) is 12.1 Å². The van der Waals surface area contributed by atoms with Crippen molar-refractivity contribution in [3.8, 4) is 11.5 Å². The van der Waals surface area contributed by atoms with Crippen molar-refractivity contribution in [2.24, 2.45) is 4.99 Å². The molecule has 0 aliphatic heterocycles. The van der Waals surface area contributed by atoms with E-state index in [1.165, 1.54) is 7.11 Å². The monoisotopic (exact) mass is 255 g/mol. The van der Waals surface area contributed by atoms with Gasteiger partial charge in [0, 0.05) is 5.71 Å². The predicted molar refractivity (Wildman–Crippen MR) is 77.7 cm³/mol. The minimum Gasteiger partial charge on any atom is -0.504 e. The Balaban J connectivity index is 2.36. The molecular weight excluding hydrogens is 238 g/mol. The highest BCUT2D eigenvalue weighted by Gasteiger charge is 2.05. The van der Waals surface area contributed by atoms with Gasteiger partial charge in [-0.25, -0.2) is 0 Å². The number of hydrogen-bond donors (Lipinski definition) is 1. The van der Waals surface area contributed by atoms with Crippen molar-refractivity contribution in [2.75, 3.05) is 7.11 Å². The first-order valence-corrected chi connectivity index (χ1v) is 6.10. The van der Waals surface area contributed by atoms with Gasteiger partial charge in [-0.15, -0.1) is 0 Å². The van der Waals surface area contributed by atoms with Crippen LogP contribution < -0.4 is 4.74 Å². The normalized spacial score (nSPS) is 11.4. The molecule has 0 spiro atoms. The molecule has 0 unspecified atom stereocenters. The number of rotatable bonds is 3. The lowest BCUT2D eigenvalue weighted by Crippen LogP contribution is -1.95. The van der Waals surface area contributed by atoms with Crippen LogP contribution in [0.5, 0.6) is 11.5 Å². The number of para-hydroxylation sites is 1. The summed E-state index contributed by atoms with van der Waals surface area (Å²) in [6.07, 6.45) is 0. The summed E-state index contributed by atoms with van der Waals surface area (Å²) in [6.45, 7) is 3.95. The largest absolute Gasteiger partial charge is 0.504 e. The number of phenols is 1. The molecule has 2 rings (SSSR count). The van der Waals surface area contributed by atoms with E-state index < -0.39 is 0 Å². The quantitative estimate of drug-likeness (QED) is 0.846. The van der Waals surface area contributed by atoms with E-state index in [-0.39, 0.29) is 5.75 Å². The van der Waals surface area contributed by atoms with Crippen LogP contribution in [0, 0.1) is 6.92 Å². The number of hydrogen-bond acceptors (Lipinski definition) is 3. The van der Waals surface area contributed by atoms with Gasteiger partial charge in [-0.2, -0.15) is 0 Å². The zero-order chi connectivity index (χ0) is 13.8. The fourth-order valence-corrected chi connectivity index (χ4v) is 1.85. The smallest absolute Gasteiger partial charge is 0.160 e. The second kappa shape index (κ2) is 5.57. The van der Waals surface area contributed by atoms with E-state index in [1.807, 2.05) is 44.2 Å². The summed E-state index contributed by atoms with van der Waals surface area (Å²) in [7, 11) is 1.53. The van der Waals surface area contributed by atoms with E-state index in [0.717, 1.165) is 22.5 Å². The second-order valence-corrected chi connectivity index (χ2v) is 4.37. The number of aliphatic imine (C=N–C) groups is 1. The molecule has 0 bridgehead atoms. The minimum atomic E-state index is 0.124. The molecule has 0 saturated heterocycles. The number of benzene rings is 2. The zero-order valence-electron chi connectivity index (χ0n) is 11.3. The summed E-state index contributed by atoms with van der Waals surface area (Å²) in [5.41, 5.74) is 3.80. The first-order valence-electron chi connectivity index (χ1n) is 6.10. The van der Waals surface area contributed by atoms with Gasteiger partial charge in [0.05, 0.1) is 12.8 Å². The number of ether oxygens (including phenoxy) is 1. The van der Waals surface area contributed by atoms with Crippen molar-refractivity contribution in [3.63, 3.8) is 0 Å². The summed E-state index contributed by atoms with van der Waals surface area (Å²) in [5.74, 6) is 0.590. The predicted octanol–water partition coefficient (Wildman–Crippen LogP) is 3.85. The SMILES string of the molecule is COc1ccc(/C(C)=N/c2ccccc2C)cc1O. The van der Waals surface area contributed by atoms with Gasteiger partial charge in [0.15, 0.2) is 11.5 Å². The number of aryl methyl sites for hydroxylation is 1. The van der Waals surface area contributed by atoms with Crippen LogP contribution in [0.2, 0.25) is 0 Å². The van der Waals surface area contributed by atoms with Gasteiger partial charge in [-0.1, -0.05) is 18.2 Å². The molecule has 1 N–H and O–H groups in total. The van der Waals surface area contributed by atoms with Crippen molar-refractivity contribution in [1.82, 2.24) is 0 Å². The lowest BCUT2D eigenvalue weighted by Gasteiger charge is -2.07. The highest BCUT2D eigenvalue weighted by atomic mass is 16.5. The van der Waals surface area contributed by atoms with Crippen molar-refractivity contribution in [2.45, 2.75) is 13.8 Å². The summed E-state index contributed by atoms with van der Waals surface area (Å²) in [5, 5.41) is 9.78. The average Bonchev–Trinajstić information content (AvgIpc) is 2.41. The average molecular weight is 255 g/mol. The van der Waals surface area contributed by atoms with Crippen LogP contribution in [0.25, 0.3) is 0 Å². The van der Waals surface area contributed by atoms with Crippen LogP contribution in [0.15, 0.2) is 47.5 Å². The molecule has 0 atom stereocenters. The topological polar surface area (TPSA) is 41.8 Å². The molecule has 0 aliphatic carbocycles. The van der Waals surface area contributed by atoms with Crippen molar-refractivity contribution in [1.29, 1.82) is 0 Å². The van der Waals surface area contributed by atoms with Crippen LogP contribution in [-0.4, -0.2) is 17.9 Å². The Morgan fingerprint density at radius 2 is 1.89 bits per heavy atom. The lowest BCUT2D eigenvalue weighted by atomic mass is 10.1. The van der Waals surface area contributed by atoms with Gasteiger partial charge in [0.2, 0.25) is 0 Å². The molecule has 2 aromatic rings. The highest BCUT2D eigenvalue weighted by molar-refractivity contribution is 6.00. The third-order valence-electron chi connectivity index (χ3n) is 3.00. The van der Waals surface area contributed by atoms with Crippen molar-refractivity contribution < 1.29 is 9.84 Å². The maximum atomic E-state index is 9.78. The van der Waals surface area contributed by atoms with Gasteiger partial charge in [-0.05, 0) is 49.2 Å². The molecule has 2 aromatic carbocycles. The molecule has 3 heteroatoms. The van der Waals surface area contributed by atoms with Crippen LogP contribution in [0.3, 0.4) is 0 Å². The summed E-state index contributed by atoms with van der Waals surface area (Å²) in [6, 6.07) is 13.2. The molecule has 98 valence electrons. The van der Waals surface area contributed by atoms with E-state index in [4.69, 9.17) is 4.74 Å². The van der Waals surface area contributed by atoms with Crippen LogP contribution in [-0.2, 0) is 0 Å². The van der Waals surface area contributed by atoms with E-state index in [9.17, 15) is 5.11 Å². The molecule has 3 nitrogen and oxygen atoms in total. The van der Waals surface area contributed by atoms with E-state index >= 15 is 0 Å². The fraction of sp³-hybridized carbons (Fsp3) is 0.188. The number of aromatic hydroxyl groups is 1. The van der Waals surface area contributed by atoms with Gasteiger partial charge < -0.3 is 9.84 Å². The van der Waals surface area contributed by atoms with Crippen LogP contribution >= 0.6 is 0 Å². The first-order chi connectivity index (χ1) is 9.11. The molecule has 0 aliphatic rings. The third-order valence-corrected chi connectivity index (χ3v) is 3.00. The molecule has 0 amide bonds. The van der Waals surface area contributed by atoms with Gasteiger partial charge in [0.1, 0.15) is 0 Å². The van der Waals surface area contributed by atoms with E-state index in [0.29, 0.717) is 5.75 Å². The Bertz CT molecular complexity index is 618.